The van der Waals surface area contributed by atoms with Crippen molar-refractivity contribution in [3.8, 4) is 45.2 Å². The van der Waals surface area contributed by atoms with Crippen LogP contribution in [0.1, 0.15) is 18.2 Å². The van der Waals surface area contributed by atoms with Gasteiger partial charge >= 0.3 is 0 Å². The van der Waals surface area contributed by atoms with E-state index in [9.17, 15) is 0 Å². The Morgan fingerprint density at radius 2 is 1.34 bits per heavy atom. The zero-order chi connectivity index (χ0) is 31.2. The van der Waals surface area contributed by atoms with Gasteiger partial charge in [-0.15, -0.1) is 0 Å². The van der Waals surface area contributed by atoms with Crippen LogP contribution in [-0.2, 0) is 0 Å². The van der Waals surface area contributed by atoms with Crippen LogP contribution in [0.3, 0.4) is 0 Å². The van der Waals surface area contributed by atoms with Crippen LogP contribution in [0.4, 0.5) is 0 Å². The molecule has 0 N–H and O–H groups in total. The minimum absolute atomic E-state index is 0.124. The number of hydrogen-bond donors (Lipinski definition) is 0. The minimum Gasteiger partial charge on any atom is -0.440 e. The van der Waals surface area contributed by atoms with Crippen LogP contribution in [0.2, 0.25) is 0 Å². The van der Waals surface area contributed by atoms with Gasteiger partial charge in [-0.1, -0.05) is 72.8 Å². The Hall–Kier alpha value is -6.27. The van der Waals surface area contributed by atoms with Crippen LogP contribution in [-0.4, -0.2) is 24.9 Å². The second-order valence-electron chi connectivity index (χ2n) is 11.7. The molecular formula is C41H27N5O. The van der Waals surface area contributed by atoms with Crippen molar-refractivity contribution < 1.29 is 4.42 Å². The maximum Gasteiger partial charge on any atom is 0.202 e. The fourth-order valence-corrected chi connectivity index (χ4v) is 6.42. The number of oxazole rings is 1. The second-order valence-corrected chi connectivity index (χ2v) is 11.7. The molecule has 222 valence electrons. The molecule has 0 saturated heterocycles. The SMILES string of the molecule is C1=CCC(c2nc3c(ccc4c(-c5cccc(-c6cc(-c7ccccn7)nc(-c7ccccn7)c6)c5)nc5ccccc5c43)o2)C=C1. The third kappa shape index (κ3) is 4.87. The lowest BCUT2D eigenvalue weighted by atomic mass is 9.96. The van der Waals surface area contributed by atoms with E-state index < -0.39 is 0 Å². The third-order valence-corrected chi connectivity index (χ3v) is 8.69. The average Bonchev–Trinajstić information content (AvgIpc) is 3.60. The van der Waals surface area contributed by atoms with Gasteiger partial charge in [0, 0.05) is 34.1 Å². The van der Waals surface area contributed by atoms with E-state index in [2.05, 4.69) is 94.9 Å². The summed E-state index contributed by atoms with van der Waals surface area (Å²) in [5.74, 6) is 0.863. The van der Waals surface area contributed by atoms with Crippen LogP contribution in [0.5, 0.6) is 0 Å². The predicted octanol–water partition coefficient (Wildman–Crippen LogP) is 9.98. The predicted molar refractivity (Wildman–Crippen MR) is 188 cm³/mol. The van der Waals surface area contributed by atoms with E-state index in [1.807, 2.05) is 48.5 Å². The Kier molecular flexibility index (Phi) is 6.49. The van der Waals surface area contributed by atoms with Crippen molar-refractivity contribution in [2.75, 3.05) is 0 Å². The van der Waals surface area contributed by atoms with Crippen molar-refractivity contribution in [3.05, 3.63) is 152 Å². The highest BCUT2D eigenvalue weighted by atomic mass is 16.3. The van der Waals surface area contributed by atoms with Gasteiger partial charge in [0.15, 0.2) is 5.58 Å². The van der Waals surface area contributed by atoms with E-state index in [-0.39, 0.29) is 5.92 Å². The second kappa shape index (κ2) is 11.3. The number of benzene rings is 3. The number of aromatic nitrogens is 5. The maximum atomic E-state index is 6.35. The summed E-state index contributed by atoms with van der Waals surface area (Å²) >= 11 is 0. The van der Waals surface area contributed by atoms with Crippen LogP contribution in [0.25, 0.3) is 77.9 Å². The van der Waals surface area contributed by atoms with Gasteiger partial charge in [-0.2, -0.15) is 0 Å². The quantitative estimate of drug-likeness (QED) is 0.182. The van der Waals surface area contributed by atoms with Crippen molar-refractivity contribution in [3.63, 3.8) is 0 Å². The van der Waals surface area contributed by atoms with Gasteiger partial charge in [-0.25, -0.2) is 15.0 Å². The molecule has 47 heavy (non-hydrogen) atoms. The molecule has 8 aromatic rings. The van der Waals surface area contributed by atoms with E-state index in [4.69, 9.17) is 19.4 Å². The molecule has 5 aromatic heterocycles. The first-order valence-electron chi connectivity index (χ1n) is 15.7. The highest BCUT2D eigenvalue weighted by molar-refractivity contribution is 6.20. The lowest BCUT2D eigenvalue weighted by Crippen LogP contribution is -1.96. The molecule has 6 nitrogen and oxygen atoms in total. The van der Waals surface area contributed by atoms with Gasteiger partial charge in [0.2, 0.25) is 5.89 Å². The Morgan fingerprint density at radius 1 is 0.574 bits per heavy atom. The van der Waals surface area contributed by atoms with Gasteiger partial charge < -0.3 is 4.42 Å². The Labute approximate surface area is 270 Å². The number of allylic oxidation sites excluding steroid dienone is 4. The summed E-state index contributed by atoms with van der Waals surface area (Å²) in [4.78, 5) is 24.5. The van der Waals surface area contributed by atoms with Crippen molar-refractivity contribution >= 4 is 32.8 Å². The number of rotatable bonds is 5. The van der Waals surface area contributed by atoms with Gasteiger partial charge in [-0.3, -0.25) is 9.97 Å². The lowest BCUT2D eigenvalue weighted by molar-refractivity contribution is 0.505. The van der Waals surface area contributed by atoms with Crippen molar-refractivity contribution in [2.45, 2.75) is 12.3 Å². The molecule has 0 bridgehead atoms. The fourth-order valence-electron chi connectivity index (χ4n) is 6.42. The summed E-state index contributed by atoms with van der Waals surface area (Å²) in [6.07, 6.45) is 12.9. The first-order chi connectivity index (χ1) is 23.3. The molecule has 1 unspecified atom stereocenters. The van der Waals surface area contributed by atoms with E-state index in [0.29, 0.717) is 0 Å². The van der Waals surface area contributed by atoms with Crippen molar-refractivity contribution in [1.29, 1.82) is 0 Å². The summed E-state index contributed by atoms with van der Waals surface area (Å²) in [6, 6.07) is 36.9. The number of para-hydroxylation sites is 1. The average molecular weight is 606 g/mol. The van der Waals surface area contributed by atoms with Crippen LogP contribution < -0.4 is 0 Å². The molecular weight excluding hydrogens is 578 g/mol. The molecule has 0 fully saturated rings. The summed E-state index contributed by atoms with van der Waals surface area (Å²) in [7, 11) is 0. The normalized spacial score (nSPS) is 14.3. The molecule has 9 rings (SSSR count). The molecule has 5 heterocycles. The molecule has 6 heteroatoms. The van der Waals surface area contributed by atoms with E-state index in [0.717, 1.165) is 90.2 Å². The molecule has 0 spiro atoms. The summed E-state index contributed by atoms with van der Waals surface area (Å²) in [6.45, 7) is 0. The number of fused-ring (bicyclic) bond motifs is 5. The topological polar surface area (TPSA) is 77.6 Å². The Morgan fingerprint density at radius 3 is 2.09 bits per heavy atom. The van der Waals surface area contributed by atoms with E-state index in [1.165, 1.54) is 0 Å². The van der Waals surface area contributed by atoms with Crippen molar-refractivity contribution in [2.24, 2.45) is 0 Å². The van der Waals surface area contributed by atoms with Crippen LogP contribution >= 0.6 is 0 Å². The Balaban J connectivity index is 1.23. The van der Waals surface area contributed by atoms with E-state index >= 15 is 0 Å². The van der Waals surface area contributed by atoms with Gasteiger partial charge in [0.25, 0.3) is 0 Å². The fraction of sp³-hybridized carbons (Fsp3) is 0.0488. The molecule has 0 aliphatic heterocycles. The number of nitrogens with zero attached hydrogens (tertiary/aromatic N) is 5. The molecule has 0 saturated carbocycles. The summed E-state index contributed by atoms with van der Waals surface area (Å²) in [5.41, 5.74) is 9.73. The standard InChI is InChI=1S/C41H27N5O/c1-2-11-26(12-3-1)41-46-40-37(47-41)20-19-31-38(40)30-15-4-5-16-32(30)45-39(31)28-14-10-13-27(23-28)29-24-35(33-17-6-8-21-42-33)44-36(25-29)34-18-7-9-22-43-34/h1-11,13-26H,12H2. The molecule has 1 atom stereocenters. The van der Waals surface area contributed by atoms with Crippen LogP contribution in [0.15, 0.2) is 150 Å². The monoisotopic (exact) mass is 605 g/mol. The van der Waals surface area contributed by atoms with Gasteiger partial charge in [-0.05, 0) is 78.2 Å². The smallest absolute Gasteiger partial charge is 0.202 e. The first-order valence-corrected chi connectivity index (χ1v) is 15.7. The highest BCUT2D eigenvalue weighted by Gasteiger charge is 2.20. The highest BCUT2D eigenvalue weighted by Crippen LogP contribution is 2.39. The lowest BCUT2D eigenvalue weighted by Gasteiger charge is -2.13. The zero-order valence-electron chi connectivity index (χ0n) is 25.3. The molecule has 1 aliphatic rings. The summed E-state index contributed by atoms with van der Waals surface area (Å²) in [5, 5.41) is 3.14. The van der Waals surface area contributed by atoms with Crippen molar-refractivity contribution in [1.82, 2.24) is 24.9 Å². The Bertz CT molecular complexity index is 2440. The molecule has 3 aromatic carbocycles. The molecule has 0 radical (unpaired) electrons. The first kappa shape index (κ1) is 27.1. The molecule has 1 aliphatic carbocycles. The number of pyridine rings is 4. The summed E-state index contributed by atoms with van der Waals surface area (Å²) < 4.78 is 6.35. The van der Waals surface area contributed by atoms with E-state index in [1.54, 1.807) is 12.4 Å². The third-order valence-electron chi connectivity index (χ3n) is 8.69. The number of hydrogen-bond acceptors (Lipinski definition) is 6. The largest absolute Gasteiger partial charge is 0.440 e. The molecule has 0 amide bonds. The van der Waals surface area contributed by atoms with Crippen LogP contribution in [0, 0.1) is 0 Å². The van der Waals surface area contributed by atoms with Gasteiger partial charge in [0.05, 0.1) is 39.9 Å². The maximum absolute atomic E-state index is 6.35. The van der Waals surface area contributed by atoms with Gasteiger partial charge in [0.1, 0.15) is 5.52 Å². The zero-order valence-corrected chi connectivity index (χ0v) is 25.3. The minimum atomic E-state index is 0.124.